The van der Waals surface area contributed by atoms with Crippen LogP contribution in [0.15, 0.2) is 24.3 Å². The zero-order valence-corrected chi connectivity index (χ0v) is 14.9. The van der Waals surface area contributed by atoms with Gasteiger partial charge in [0, 0.05) is 25.7 Å². The van der Waals surface area contributed by atoms with Crippen LogP contribution in [0, 0.1) is 0 Å². The molecule has 0 aliphatic carbocycles. The molecular formula is C18H24N4O4. The van der Waals surface area contributed by atoms with Gasteiger partial charge in [-0.3, -0.25) is 0 Å². The molecule has 2 saturated heterocycles. The molecule has 8 heteroatoms. The Kier molecular flexibility index (Phi) is 5.01. The number of fused-ring (bicyclic) bond motifs is 1. The lowest BCUT2D eigenvalue weighted by molar-refractivity contribution is 0.0696. The van der Waals surface area contributed by atoms with E-state index in [0.29, 0.717) is 19.6 Å². The van der Waals surface area contributed by atoms with Gasteiger partial charge in [0.1, 0.15) is 0 Å². The van der Waals surface area contributed by atoms with Gasteiger partial charge in [-0.2, -0.15) is 0 Å². The zero-order valence-electron chi connectivity index (χ0n) is 14.9. The van der Waals surface area contributed by atoms with Crippen LogP contribution in [0.4, 0.5) is 9.59 Å². The lowest BCUT2D eigenvalue weighted by Gasteiger charge is -2.37. The van der Waals surface area contributed by atoms with Gasteiger partial charge in [-0.25, -0.2) is 14.4 Å². The molecule has 0 spiro atoms. The topological polar surface area (TPSA) is 102 Å². The van der Waals surface area contributed by atoms with Crippen LogP contribution in [-0.2, 0) is 6.54 Å². The van der Waals surface area contributed by atoms with Crippen molar-refractivity contribution in [1.29, 1.82) is 0 Å². The summed E-state index contributed by atoms with van der Waals surface area (Å²) < 4.78 is 0. The lowest BCUT2D eigenvalue weighted by Crippen LogP contribution is -2.55. The standard InChI is InChI=1S/C18H24N4O4/c1-11(2)22-15-7-8-21(10-14(15)20-18(22)26)17(25)19-9-12-3-5-13(6-4-12)16(23)24/h3-6,11,14-15H,7-10H2,1-2H3,(H,19,25)(H,20,26)(H,23,24)/t14-,15+/m1/s1. The molecule has 2 aliphatic heterocycles. The van der Waals surface area contributed by atoms with E-state index in [-0.39, 0.29) is 35.8 Å². The number of hydrogen-bond donors (Lipinski definition) is 3. The summed E-state index contributed by atoms with van der Waals surface area (Å²) in [6.07, 6.45) is 0.752. The number of urea groups is 2. The van der Waals surface area contributed by atoms with Gasteiger partial charge in [0.2, 0.25) is 0 Å². The van der Waals surface area contributed by atoms with Gasteiger partial charge < -0.3 is 25.5 Å². The first-order chi connectivity index (χ1) is 12.4. The molecule has 2 aliphatic rings. The van der Waals surface area contributed by atoms with Crippen molar-refractivity contribution >= 4 is 18.0 Å². The zero-order chi connectivity index (χ0) is 18.8. The van der Waals surface area contributed by atoms with Crippen molar-refractivity contribution in [2.24, 2.45) is 0 Å². The summed E-state index contributed by atoms with van der Waals surface area (Å²) in [6, 6.07) is 6.40. The van der Waals surface area contributed by atoms with E-state index in [4.69, 9.17) is 5.11 Å². The minimum atomic E-state index is -0.975. The molecule has 1 aromatic carbocycles. The quantitative estimate of drug-likeness (QED) is 0.757. The number of likely N-dealkylation sites (tertiary alicyclic amines) is 1. The average molecular weight is 360 g/mol. The summed E-state index contributed by atoms with van der Waals surface area (Å²) in [7, 11) is 0. The van der Waals surface area contributed by atoms with Crippen LogP contribution in [0.1, 0.15) is 36.2 Å². The summed E-state index contributed by atoms with van der Waals surface area (Å²) in [5.41, 5.74) is 1.05. The molecule has 2 atom stereocenters. The molecular weight excluding hydrogens is 336 g/mol. The van der Waals surface area contributed by atoms with Crippen LogP contribution < -0.4 is 10.6 Å². The molecule has 0 radical (unpaired) electrons. The van der Waals surface area contributed by atoms with Crippen LogP contribution in [0.2, 0.25) is 0 Å². The highest BCUT2D eigenvalue weighted by molar-refractivity contribution is 5.87. The van der Waals surface area contributed by atoms with Gasteiger partial charge in [0.05, 0.1) is 17.6 Å². The Morgan fingerprint density at radius 1 is 1.31 bits per heavy atom. The summed E-state index contributed by atoms with van der Waals surface area (Å²) in [5, 5.41) is 14.7. The Balaban J connectivity index is 1.53. The van der Waals surface area contributed by atoms with E-state index in [0.717, 1.165) is 12.0 Å². The van der Waals surface area contributed by atoms with Crippen LogP contribution in [-0.4, -0.2) is 64.2 Å². The number of benzene rings is 1. The minimum absolute atomic E-state index is 0.0424. The van der Waals surface area contributed by atoms with Crippen molar-refractivity contribution in [3.63, 3.8) is 0 Å². The van der Waals surface area contributed by atoms with E-state index in [9.17, 15) is 14.4 Å². The van der Waals surface area contributed by atoms with Crippen LogP contribution in [0.25, 0.3) is 0 Å². The minimum Gasteiger partial charge on any atom is -0.478 e. The molecule has 2 fully saturated rings. The first-order valence-corrected chi connectivity index (χ1v) is 8.80. The molecule has 4 amide bonds. The number of carboxylic acid groups (broad SMARTS) is 1. The summed E-state index contributed by atoms with van der Waals surface area (Å²) in [4.78, 5) is 39.0. The maximum absolute atomic E-state index is 12.4. The third-order valence-corrected chi connectivity index (χ3v) is 4.97. The summed E-state index contributed by atoms with van der Waals surface area (Å²) in [6.45, 7) is 5.41. The van der Waals surface area contributed by atoms with Crippen molar-refractivity contribution in [3.8, 4) is 0 Å². The van der Waals surface area contributed by atoms with Crippen molar-refractivity contribution < 1.29 is 19.5 Å². The molecule has 1 aromatic rings. The number of aromatic carboxylic acids is 1. The maximum atomic E-state index is 12.4. The van der Waals surface area contributed by atoms with Gasteiger partial charge in [0.15, 0.2) is 0 Å². The normalized spacial score (nSPS) is 22.2. The molecule has 3 rings (SSSR count). The molecule has 0 unspecified atom stereocenters. The molecule has 0 bridgehead atoms. The number of carbonyl (C=O) groups excluding carboxylic acids is 2. The second-order valence-corrected chi connectivity index (χ2v) is 7.02. The van der Waals surface area contributed by atoms with Crippen LogP contribution in [0.5, 0.6) is 0 Å². The Morgan fingerprint density at radius 3 is 2.62 bits per heavy atom. The lowest BCUT2D eigenvalue weighted by atomic mass is 9.99. The van der Waals surface area contributed by atoms with Gasteiger partial charge in [-0.15, -0.1) is 0 Å². The Morgan fingerprint density at radius 2 is 2.00 bits per heavy atom. The van der Waals surface area contributed by atoms with Crippen LogP contribution in [0.3, 0.4) is 0 Å². The van der Waals surface area contributed by atoms with E-state index in [1.165, 1.54) is 12.1 Å². The molecule has 0 aromatic heterocycles. The largest absolute Gasteiger partial charge is 0.478 e. The second kappa shape index (κ2) is 7.23. The van der Waals surface area contributed by atoms with Gasteiger partial charge >= 0.3 is 18.0 Å². The van der Waals surface area contributed by atoms with Crippen molar-refractivity contribution in [2.75, 3.05) is 13.1 Å². The highest BCUT2D eigenvalue weighted by Gasteiger charge is 2.44. The Hall–Kier alpha value is -2.77. The average Bonchev–Trinajstić information content (AvgIpc) is 2.94. The van der Waals surface area contributed by atoms with Crippen LogP contribution >= 0.6 is 0 Å². The first-order valence-electron chi connectivity index (χ1n) is 8.80. The predicted molar refractivity (Wildman–Crippen MR) is 94.9 cm³/mol. The molecule has 26 heavy (non-hydrogen) atoms. The number of nitrogens with one attached hydrogen (secondary N) is 2. The maximum Gasteiger partial charge on any atom is 0.335 e. The summed E-state index contributed by atoms with van der Waals surface area (Å²) in [5.74, 6) is -0.975. The van der Waals surface area contributed by atoms with Gasteiger partial charge in [-0.1, -0.05) is 12.1 Å². The monoisotopic (exact) mass is 360 g/mol. The Labute approximate surface area is 152 Å². The smallest absolute Gasteiger partial charge is 0.335 e. The molecule has 3 N–H and O–H groups in total. The highest BCUT2D eigenvalue weighted by Crippen LogP contribution is 2.24. The Bertz CT molecular complexity index is 704. The molecule has 8 nitrogen and oxygen atoms in total. The fraction of sp³-hybridized carbons (Fsp3) is 0.500. The number of carboxylic acids is 1. The SMILES string of the molecule is CC(C)N1C(=O)N[C@@H]2CN(C(=O)NCc3ccc(C(=O)O)cc3)CC[C@@H]21. The number of carbonyl (C=O) groups is 3. The van der Waals surface area contributed by atoms with E-state index >= 15 is 0 Å². The highest BCUT2D eigenvalue weighted by atomic mass is 16.4. The molecule has 140 valence electrons. The number of rotatable bonds is 4. The van der Waals surface area contributed by atoms with E-state index in [1.807, 2.05) is 18.7 Å². The number of piperidine rings is 1. The van der Waals surface area contributed by atoms with Gasteiger partial charge in [0.25, 0.3) is 0 Å². The fourth-order valence-electron chi connectivity index (χ4n) is 3.65. The first kappa shape index (κ1) is 18.0. The number of nitrogens with zero attached hydrogens (tertiary/aromatic N) is 2. The van der Waals surface area contributed by atoms with E-state index in [1.54, 1.807) is 17.0 Å². The summed E-state index contributed by atoms with van der Waals surface area (Å²) >= 11 is 0. The fourth-order valence-corrected chi connectivity index (χ4v) is 3.65. The predicted octanol–water partition coefficient (Wildman–Crippen LogP) is 1.47. The van der Waals surface area contributed by atoms with Gasteiger partial charge in [-0.05, 0) is 38.0 Å². The molecule has 2 heterocycles. The number of amides is 4. The van der Waals surface area contributed by atoms with Crippen molar-refractivity contribution in [3.05, 3.63) is 35.4 Å². The number of hydrogen-bond acceptors (Lipinski definition) is 3. The molecule has 0 saturated carbocycles. The van der Waals surface area contributed by atoms with Crippen molar-refractivity contribution in [2.45, 2.75) is 44.9 Å². The third-order valence-electron chi connectivity index (χ3n) is 4.97. The van der Waals surface area contributed by atoms with E-state index < -0.39 is 5.97 Å². The third kappa shape index (κ3) is 3.58. The van der Waals surface area contributed by atoms with Crippen molar-refractivity contribution in [1.82, 2.24) is 20.4 Å². The van der Waals surface area contributed by atoms with E-state index in [2.05, 4.69) is 10.6 Å². The second-order valence-electron chi connectivity index (χ2n) is 7.02.